The third-order valence-electron chi connectivity index (χ3n) is 7.25. The molecular weight excluding hydrogens is 641 g/mol. The Labute approximate surface area is 271 Å². The van der Waals surface area contributed by atoms with Crippen LogP contribution in [-0.2, 0) is 5.75 Å². The number of nitrogens with zero attached hydrogens (tertiary/aromatic N) is 7. The monoisotopic (exact) mass is 665 g/mol. The zero-order chi connectivity index (χ0) is 30.8. The van der Waals surface area contributed by atoms with Crippen LogP contribution in [0.2, 0.25) is 10.0 Å². The molecule has 1 aliphatic heterocycles. The van der Waals surface area contributed by atoms with Crippen LogP contribution in [0.3, 0.4) is 0 Å². The van der Waals surface area contributed by atoms with Gasteiger partial charge >= 0.3 is 0 Å². The standard InChI is InChI=1S/C30H25Cl2N7O3S2/c1-19-6-7-20(31)16-26(19)38-28(23-4-2-3-5-24(23)32)34-35-30(38)44-18-27-33-25(17-43-27)29(40)37-14-12-36(13-15-37)21-8-10-22(11-9-21)39(41)42/h2-11,16-17H,12-15,18H2,1H3. The zero-order valence-corrected chi connectivity index (χ0v) is 26.5. The molecule has 0 bridgehead atoms. The summed E-state index contributed by atoms with van der Waals surface area (Å²) in [6.07, 6.45) is 0. The van der Waals surface area contributed by atoms with Gasteiger partial charge in [-0.15, -0.1) is 21.5 Å². The lowest BCUT2D eigenvalue weighted by atomic mass is 10.1. The van der Waals surface area contributed by atoms with Gasteiger partial charge in [-0.1, -0.05) is 53.2 Å². The van der Waals surface area contributed by atoms with Gasteiger partial charge in [0, 0.05) is 60.0 Å². The van der Waals surface area contributed by atoms with Crippen molar-refractivity contribution in [3.8, 4) is 17.1 Å². The van der Waals surface area contributed by atoms with E-state index in [1.807, 2.05) is 54.0 Å². The number of hydrogen-bond donors (Lipinski definition) is 0. The van der Waals surface area contributed by atoms with Gasteiger partial charge in [-0.05, 0) is 48.9 Å². The fourth-order valence-electron chi connectivity index (χ4n) is 4.94. The topological polar surface area (TPSA) is 110 Å². The average Bonchev–Trinajstić information content (AvgIpc) is 3.69. The summed E-state index contributed by atoms with van der Waals surface area (Å²) in [5.74, 6) is 0.984. The van der Waals surface area contributed by atoms with Crippen LogP contribution in [0, 0.1) is 17.0 Å². The van der Waals surface area contributed by atoms with Crippen LogP contribution in [0.1, 0.15) is 21.1 Å². The normalized spacial score (nSPS) is 13.3. The third kappa shape index (κ3) is 6.29. The lowest BCUT2D eigenvalue weighted by molar-refractivity contribution is -0.384. The number of thiazole rings is 1. The number of benzene rings is 3. The number of nitro benzene ring substituents is 1. The van der Waals surface area contributed by atoms with E-state index in [9.17, 15) is 14.9 Å². The van der Waals surface area contributed by atoms with Crippen LogP contribution in [0.25, 0.3) is 17.1 Å². The van der Waals surface area contributed by atoms with Gasteiger partial charge in [0.05, 0.1) is 21.4 Å². The molecule has 10 nitrogen and oxygen atoms in total. The highest BCUT2D eigenvalue weighted by atomic mass is 35.5. The van der Waals surface area contributed by atoms with E-state index < -0.39 is 4.92 Å². The van der Waals surface area contributed by atoms with Crippen molar-refractivity contribution in [1.82, 2.24) is 24.6 Å². The van der Waals surface area contributed by atoms with Crippen LogP contribution >= 0.6 is 46.3 Å². The van der Waals surface area contributed by atoms with Crippen molar-refractivity contribution in [2.45, 2.75) is 17.8 Å². The summed E-state index contributed by atoms with van der Waals surface area (Å²) in [5.41, 5.74) is 3.97. The molecular formula is C30H25Cl2N7O3S2. The molecule has 0 unspecified atom stereocenters. The summed E-state index contributed by atoms with van der Waals surface area (Å²) >= 11 is 15.8. The molecule has 0 spiro atoms. The van der Waals surface area contributed by atoms with Crippen molar-refractivity contribution in [2.75, 3.05) is 31.1 Å². The number of aromatic nitrogens is 4. The third-order valence-corrected chi connectivity index (χ3v) is 9.78. The molecule has 44 heavy (non-hydrogen) atoms. The van der Waals surface area contributed by atoms with Crippen molar-refractivity contribution in [3.63, 3.8) is 0 Å². The number of carbonyl (C=O) groups is 1. The Kier molecular flexibility index (Phi) is 8.85. The largest absolute Gasteiger partial charge is 0.368 e. The van der Waals surface area contributed by atoms with Gasteiger partial charge in [0.15, 0.2) is 11.0 Å². The lowest BCUT2D eigenvalue weighted by Crippen LogP contribution is -2.48. The molecule has 6 rings (SSSR count). The number of carbonyl (C=O) groups excluding carboxylic acids is 1. The molecule has 14 heteroatoms. The smallest absolute Gasteiger partial charge is 0.273 e. The quantitative estimate of drug-likeness (QED) is 0.0975. The van der Waals surface area contributed by atoms with Gasteiger partial charge in [-0.25, -0.2) is 4.98 Å². The summed E-state index contributed by atoms with van der Waals surface area (Å²) in [6, 6.07) is 19.6. The van der Waals surface area contributed by atoms with Crippen molar-refractivity contribution >= 4 is 63.6 Å². The average molecular weight is 667 g/mol. The SMILES string of the molecule is Cc1ccc(Cl)cc1-n1c(SCc2nc(C(=O)N3CCN(c4ccc([N+](=O)[O-])cc4)CC3)cs2)nnc1-c1ccccc1Cl. The molecule has 1 fully saturated rings. The van der Waals surface area contributed by atoms with Crippen LogP contribution in [-0.4, -0.2) is 61.7 Å². The van der Waals surface area contributed by atoms with E-state index in [2.05, 4.69) is 20.1 Å². The number of rotatable bonds is 8. The first-order chi connectivity index (χ1) is 21.3. The molecule has 0 N–H and O–H groups in total. The van der Waals surface area contributed by atoms with E-state index >= 15 is 0 Å². The summed E-state index contributed by atoms with van der Waals surface area (Å²) in [4.78, 5) is 32.4. The second-order valence-electron chi connectivity index (χ2n) is 10.0. The molecule has 3 aromatic carbocycles. The van der Waals surface area contributed by atoms with E-state index in [-0.39, 0.29) is 11.6 Å². The van der Waals surface area contributed by atoms with E-state index in [0.29, 0.717) is 58.7 Å². The first-order valence-corrected chi connectivity index (χ1v) is 16.2. The second-order valence-corrected chi connectivity index (χ2v) is 12.7. The number of anilines is 1. The molecule has 0 radical (unpaired) electrons. The first-order valence-electron chi connectivity index (χ1n) is 13.6. The molecule has 0 atom stereocenters. The molecule has 1 amide bonds. The fourth-order valence-corrected chi connectivity index (χ4v) is 7.06. The maximum absolute atomic E-state index is 13.3. The minimum atomic E-state index is -0.412. The van der Waals surface area contributed by atoms with E-state index in [1.54, 1.807) is 22.4 Å². The van der Waals surface area contributed by atoms with E-state index in [1.165, 1.54) is 35.2 Å². The van der Waals surface area contributed by atoms with Gasteiger partial charge in [0.1, 0.15) is 10.7 Å². The van der Waals surface area contributed by atoms with Gasteiger partial charge in [0.2, 0.25) is 0 Å². The van der Waals surface area contributed by atoms with Gasteiger partial charge in [-0.3, -0.25) is 19.5 Å². The highest BCUT2D eigenvalue weighted by Gasteiger charge is 2.25. The number of thioether (sulfide) groups is 1. The molecule has 0 aliphatic carbocycles. The highest BCUT2D eigenvalue weighted by Crippen LogP contribution is 2.35. The Balaban J connectivity index is 1.15. The number of aryl methyl sites for hydroxylation is 1. The Morgan fingerprint density at radius 1 is 1.02 bits per heavy atom. The van der Waals surface area contributed by atoms with Crippen molar-refractivity contribution < 1.29 is 9.72 Å². The number of non-ortho nitro benzene ring substituents is 1. The number of hydrogen-bond acceptors (Lipinski definition) is 9. The van der Waals surface area contributed by atoms with Gasteiger partial charge in [-0.2, -0.15) is 0 Å². The minimum Gasteiger partial charge on any atom is -0.368 e. The molecule has 3 heterocycles. The number of nitro groups is 1. The highest BCUT2D eigenvalue weighted by molar-refractivity contribution is 7.98. The maximum Gasteiger partial charge on any atom is 0.273 e. The van der Waals surface area contributed by atoms with Crippen molar-refractivity contribution in [1.29, 1.82) is 0 Å². The van der Waals surface area contributed by atoms with E-state index in [0.717, 1.165) is 27.5 Å². The lowest BCUT2D eigenvalue weighted by Gasteiger charge is -2.35. The van der Waals surface area contributed by atoms with Gasteiger partial charge in [0.25, 0.3) is 11.6 Å². The number of halogens is 2. The van der Waals surface area contributed by atoms with Crippen LogP contribution in [0.5, 0.6) is 0 Å². The Morgan fingerprint density at radius 2 is 1.77 bits per heavy atom. The summed E-state index contributed by atoms with van der Waals surface area (Å²) < 4.78 is 1.96. The first kappa shape index (κ1) is 30.1. The minimum absolute atomic E-state index is 0.0564. The molecule has 0 saturated carbocycles. The Hall–Kier alpha value is -3.97. The molecule has 5 aromatic rings. The van der Waals surface area contributed by atoms with Crippen LogP contribution in [0.15, 0.2) is 77.3 Å². The number of piperazine rings is 1. The summed E-state index contributed by atoms with van der Waals surface area (Å²) in [7, 11) is 0. The predicted octanol–water partition coefficient (Wildman–Crippen LogP) is 7.17. The van der Waals surface area contributed by atoms with Crippen LogP contribution in [0.4, 0.5) is 11.4 Å². The van der Waals surface area contributed by atoms with Crippen LogP contribution < -0.4 is 4.90 Å². The van der Waals surface area contributed by atoms with Crippen molar-refractivity contribution in [3.05, 3.63) is 109 Å². The van der Waals surface area contributed by atoms with E-state index in [4.69, 9.17) is 23.2 Å². The summed E-state index contributed by atoms with van der Waals surface area (Å²) in [5, 5.41) is 24.3. The Morgan fingerprint density at radius 3 is 2.50 bits per heavy atom. The molecule has 224 valence electrons. The van der Waals surface area contributed by atoms with Crippen molar-refractivity contribution in [2.24, 2.45) is 0 Å². The maximum atomic E-state index is 13.3. The molecule has 2 aromatic heterocycles. The Bertz CT molecular complexity index is 1840. The predicted molar refractivity (Wildman–Crippen MR) is 174 cm³/mol. The summed E-state index contributed by atoms with van der Waals surface area (Å²) in [6.45, 7) is 4.32. The van der Waals surface area contributed by atoms with Gasteiger partial charge < -0.3 is 9.80 Å². The molecule has 1 aliphatic rings. The fraction of sp³-hybridized carbons (Fsp3) is 0.200. The molecule has 1 saturated heterocycles. The second kappa shape index (κ2) is 12.9. The zero-order valence-electron chi connectivity index (χ0n) is 23.4. The number of amides is 1.